The van der Waals surface area contributed by atoms with Gasteiger partial charge in [-0.25, -0.2) is 4.98 Å². The lowest BCUT2D eigenvalue weighted by Gasteiger charge is -2.02. The van der Waals surface area contributed by atoms with Crippen LogP contribution in [0.1, 0.15) is 6.42 Å². The highest BCUT2D eigenvalue weighted by atomic mass is 32.1. The van der Waals surface area contributed by atoms with E-state index in [0.29, 0.717) is 10.2 Å². The number of fused-ring (bicyclic) bond motifs is 1. The van der Waals surface area contributed by atoms with E-state index in [4.69, 9.17) is 5.73 Å². The van der Waals surface area contributed by atoms with E-state index in [-0.39, 0.29) is 18.5 Å². The number of aromatic nitrogens is 2. The quantitative estimate of drug-likeness (QED) is 0.814. The Balaban J connectivity index is 2.40. The lowest BCUT2D eigenvalue weighted by Crippen LogP contribution is -2.23. The summed E-state index contributed by atoms with van der Waals surface area (Å²) in [6.07, 6.45) is 1.60. The largest absolute Gasteiger partial charge is 0.370 e. The normalized spacial score (nSPS) is 10.7. The summed E-state index contributed by atoms with van der Waals surface area (Å²) >= 11 is 1.35. The molecular formula is C9H9N3O2S. The van der Waals surface area contributed by atoms with Crippen LogP contribution in [-0.2, 0) is 11.3 Å². The van der Waals surface area contributed by atoms with Gasteiger partial charge in [-0.1, -0.05) is 0 Å². The Hall–Kier alpha value is -1.69. The summed E-state index contributed by atoms with van der Waals surface area (Å²) in [6.45, 7) is 0.287. The van der Waals surface area contributed by atoms with E-state index in [1.165, 1.54) is 22.2 Å². The lowest BCUT2D eigenvalue weighted by molar-refractivity contribution is -0.118. The predicted molar refractivity (Wildman–Crippen MR) is 57.7 cm³/mol. The molecule has 0 fully saturated rings. The summed E-state index contributed by atoms with van der Waals surface area (Å²) in [6, 6.07) is 1.79. The highest BCUT2D eigenvalue weighted by Crippen LogP contribution is 2.12. The number of nitrogens with two attached hydrogens (primary N) is 1. The molecule has 0 saturated heterocycles. The van der Waals surface area contributed by atoms with Gasteiger partial charge in [0.05, 0.1) is 11.8 Å². The molecule has 0 aliphatic heterocycles. The molecule has 0 aromatic carbocycles. The van der Waals surface area contributed by atoms with Crippen molar-refractivity contribution in [1.82, 2.24) is 9.55 Å². The van der Waals surface area contributed by atoms with Crippen LogP contribution in [0, 0.1) is 0 Å². The topological polar surface area (TPSA) is 78.0 Å². The molecular weight excluding hydrogens is 214 g/mol. The van der Waals surface area contributed by atoms with Crippen molar-refractivity contribution in [2.75, 3.05) is 0 Å². The molecule has 0 aliphatic rings. The second kappa shape index (κ2) is 3.82. The van der Waals surface area contributed by atoms with E-state index in [1.54, 1.807) is 6.07 Å². The first-order valence-electron chi connectivity index (χ1n) is 4.39. The van der Waals surface area contributed by atoms with Crippen LogP contribution >= 0.6 is 11.3 Å². The fourth-order valence-corrected chi connectivity index (χ4v) is 2.06. The average molecular weight is 223 g/mol. The molecule has 0 bridgehead atoms. The van der Waals surface area contributed by atoms with Crippen molar-refractivity contribution in [1.29, 1.82) is 0 Å². The van der Waals surface area contributed by atoms with E-state index >= 15 is 0 Å². The second-order valence-electron chi connectivity index (χ2n) is 3.09. The van der Waals surface area contributed by atoms with Gasteiger partial charge in [0, 0.05) is 13.0 Å². The fourth-order valence-electron chi connectivity index (χ4n) is 1.27. The van der Waals surface area contributed by atoms with Crippen LogP contribution in [0.5, 0.6) is 0 Å². The van der Waals surface area contributed by atoms with Crippen LogP contribution in [0.15, 0.2) is 22.6 Å². The molecule has 0 unspecified atom stereocenters. The first-order valence-corrected chi connectivity index (χ1v) is 5.27. The zero-order chi connectivity index (χ0) is 10.8. The van der Waals surface area contributed by atoms with Gasteiger partial charge in [-0.3, -0.25) is 14.2 Å². The summed E-state index contributed by atoms with van der Waals surface area (Å²) in [4.78, 5) is 26.5. The zero-order valence-electron chi connectivity index (χ0n) is 7.84. The van der Waals surface area contributed by atoms with E-state index in [0.717, 1.165) is 0 Å². The standard InChI is InChI=1S/C9H9N3O2S/c10-7(13)1-3-12-5-11-6-2-4-15-8(6)9(12)14/h2,4-5H,1,3H2,(H2,10,13). The molecule has 15 heavy (non-hydrogen) atoms. The summed E-state index contributed by atoms with van der Waals surface area (Å²) in [5.74, 6) is -0.423. The van der Waals surface area contributed by atoms with E-state index < -0.39 is 5.91 Å². The molecule has 0 radical (unpaired) electrons. The van der Waals surface area contributed by atoms with E-state index in [2.05, 4.69) is 4.98 Å². The van der Waals surface area contributed by atoms with Crippen LogP contribution in [-0.4, -0.2) is 15.5 Å². The number of carbonyl (C=O) groups excluding carboxylic acids is 1. The molecule has 0 aliphatic carbocycles. The van der Waals surface area contributed by atoms with E-state index in [9.17, 15) is 9.59 Å². The van der Waals surface area contributed by atoms with Crippen molar-refractivity contribution >= 4 is 27.5 Å². The summed E-state index contributed by atoms with van der Waals surface area (Å²) in [5, 5.41) is 1.82. The number of hydrogen-bond donors (Lipinski definition) is 1. The van der Waals surface area contributed by atoms with Crippen LogP contribution in [0.25, 0.3) is 10.2 Å². The van der Waals surface area contributed by atoms with Crippen LogP contribution < -0.4 is 11.3 Å². The van der Waals surface area contributed by atoms with Crippen molar-refractivity contribution < 1.29 is 4.79 Å². The molecule has 0 atom stereocenters. The van der Waals surface area contributed by atoms with Gasteiger partial charge in [-0.15, -0.1) is 11.3 Å². The Labute approximate surface area is 89.2 Å². The summed E-state index contributed by atoms with van der Waals surface area (Å²) in [5.41, 5.74) is 5.59. The number of aryl methyl sites for hydroxylation is 1. The molecule has 0 saturated carbocycles. The second-order valence-corrected chi connectivity index (χ2v) is 4.01. The maximum atomic E-state index is 11.8. The number of hydrogen-bond acceptors (Lipinski definition) is 4. The van der Waals surface area contributed by atoms with Gasteiger partial charge >= 0.3 is 0 Å². The molecule has 5 nitrogen and oxygen atoms in total. The van der Waals surface area contributed by atoms with Crippen molar-refractivity contribution in [3.05, 3.63) is 28.1 Å². The third-order valence-corrected chi connectivity index (χ3v) is 2.93. The molecule has 78 valence electrons. The third-order valence-electron chi connectivity index (χ3n) is 2.03. The highest BCUT2D eigenvalue weighted by molar-refractivity contribution is 7.17. The van der Waals surface area contributed by atoms with Gasteiger partial charge < -0.3 is 5.73 Å². The SMILES string of the molecule is NC(=O)CCn1cnc2ccsc2c1=O. The predicted octanol–water partition coefficient (Wildman–Crippen LogP) is 0.333. The monoisotopic (exact) mass is 223 g/mol. The van der Waals surface area contributed by atoms with Crippen LogP contribution in [0.2, 0.25) is 0 Å². The van der Waals surface area contributed by atoms with Crippen molar-refractivity contribution in [3.8, 4) is 0 Å². The number of nitrogens with zero attached hydrogens (tertiary/aromatic N) is 2. The first-order chi connectivity index (χ1) is 7.18. The summed E-state index contributed by atoms with van der Waals surface area (Å²) < 4.78 is 2.02. The van der Waals surface area contributed by atoms with Gasteiger partial charge in [0.2, 0.25) is 5.91 Å². The van der Waals surface area contributed by atoms with Gasteiger partial charge in [-0.05, 0) is 11.4 Å². The lowest BCUT2D eigenvalue weighted by atomic mass is 10.4. The number of thiophene rings is 1. The Morgan fingerprint density at radius 2 is 2.40 bits per heavy atom. The van der Waals surface area contributed by atoms with E-state index in [1.807, 2.05) is 5.38 Å². The molecule has 2 rings (SSSR count). The Morgan fingerprint density at radius 1 is 1.60 bits per heavy atom. The van der Waals surface area contributed by atoms with Crippen molar-refractivity contribution in [2.45, 2.75) is 13.0 Å². The Bertz CT molecular complexity index is 558. The van der Waals surface area contributed by atoms with Gasteiger partial charge in [-0.2, -0.15) is 0 Å². The summed E-state index contributed by atoms with van der Waals surface area (Å²) in [7, 11) is 0. The first kappa shape index (κ1) is 9.85. The van der Waals surface area contributed by atoms with Gasteiger partial charge in [0.25, 0.3) is 5.56 Å². The molecule has 2 aromatic heterocycles. The molecule has 2 N–H and O–H groups in total. The van der Waals surface area contributed by atoms with Crippen molar-refractivity contribution in [3.63, 3.8) is 0 Å². The van der Waals surface area contributed by atoms with Crippen LogP contribution in [0.3, 0.4) is 0 Å². The van der Waals surface area contributed by atoms with Gasteiger partial charge in [0.15, 0.2) is 0 Å². The molecule has 6 heteroatoms. The van der Waals surface area contributed by atoms with Gasteiger partial charge in [0.1, 0.15) is 4.70 Å². The molecule has 2 heterocycles. The van der Waals surface area contributed by atoms with Crippen LogP contribution in [0.4, 0.5) is 0 Å². The smallest absolute Gasteiger partial charge is 0.271 e. The maximum Gasteiger partial charge on any atom is 0.271 e. The average Bonchev–Trinajstić information content (AvgIpc) is 2.65. The number of amides is 1. The minimum atomic E-state index is -0.423. The molecule has 0 spiro atoms. The van der Waals surface area contributed by atoms with Crippen molar-refractivity contribution in [2.24, 2.45) is 5.73 Å². The number of carbonyl (C=O) groups is 1. The maximum absolute atomic E-state index is 11.8. The Morgan fingerprint density at radius 3 is 3.13 bits per heavy atom. The minimum Gasteiger partial charge on any atom is -0.370 e. The molecule has 1 amide bonds. The number of rotatable bonds is 3. The highest BCUT2D eigenvalue weighted by Gasteiger charge is 2.05. The fraction of sp³-hybridized carbons (Fsp3) is 0.222. The number of primary amides is 1. The zero-order valence-corrected chi connectivity index (χ0v) is 8.66. The minimum absolute atomic E-state index is 0.115. The third kappa shape index (κ3) is 1.89. The Kier molecular flexibility index (Phi) is 2.51. The molecule has 2 aromatic rings.